The lowest BCUT2D eigenvalue weighted by molar-refractivity contribution is -0.140. The lowest BCUT2D eigenvalue weighted by Gasteiger charge is -2.36. The number of nitrogens with zero attached hydrogens (tertiary/aromatic N) is 3. The molecular formula is C24H36N4O3. The summed E-state index contributed by atoms with van der Waals surface area (Å²) in [5, 5.41) is 3.44. The van der Waals surface area contributed by atoms with Gasteiger partial charge in [0.15, 0.2) is 5.96 Å². The van der Waals surface area contributed by atoms with E-state index in [1.807, 2.05) is 17.0 Å². The summed E-state index contributed by atoms with van der Waals surface area (Å²) in [5.41, 5.74) is 1.13. The van der Waals surface area contributed by atoms with Crippen LogP contribution in [0.25, 0.3) is 0 Å². The molecule has 0 radical (unpaired) electrons. The Labute approximate surface area is 185 Å². The molecule has 3 fully saturated rings. The number of aliphatic imine (C=N–C) groups is 1. The van der Waals surface area contributed by atoms with Gasteiger partial charge in [-0.05, 0) is 45.1 Å². The highest BCUT2D eigenvalue weighted by Crippen LogP contribution is 2.28. The molecule has 1 aromatic rings. The Morgan fingerprint density at radius 3 is 2.52 bits per heavy atom. The number of likely N-dealkylation sites (tertiary alicyclic amines) is 1. The van der Waals surface area contributed by atoms with E-state index in [4.69, 9.17) is 14.5 Å². The molecule has 170 valence electrons. The monoisotopic (exact) mass is 428 g/mol. The molecule has 1 aliphatic carbocycles. The summed E-state index contributed by atoms with van der Waals surface area (Å²) in [7, 11) is 0. The van der Waals surface area contributed by atoms with Gasteiger partial charge in [-0.25, -0.2) is 4.99 Å². The molecule has 4 rings (SSSR count). The molecular weight excluding hydrogens is 392 g/mol. The molecule has 31 heavy (non-hydrogen) atoms. The van der Waals surface area contributed by atoms with Crippen molar-refractivity contribution in [3.05, 3.63) is 29.8 Å². The molecule has 0 atom stereocenters. The molecule has 1 saturated carbocycles. The molecule has 2 aliphatic heterocycles. The first-order valence-electron chi connectivity index (χ1n) is 11.9. The van der Waals surface area contributed by atoms with Crippen molar-refractivity contribution >= 4 is 11.9 Å². The average molecular weight is 429 g/mol. The first-order chi connectivity index (χ1) is 15.2. The molecule has 7 heteroatoms. The third-order valence-electron chi connectivity index (χ3n) is 6.52. The Kier molecular flexibility index (Phi) is 7.67. The van der Waals surface area contributed by atoms with Crippen molar-refractivity contribution in [3.8, 4) is 5.75 Å². The van der Waals surface area contributed by atoms with E-state index in [1.54, 1.807) is 0 Å². The normalized spacial score (nSPS) is 21.0. The number of carbonyl (C=O) groups is 1. The smallest absolute Gasteiger partial charge is 0.225 e. The van der Waals surface area contributed by atoms with Gasteiger partial charge in [0, 0.05) is 44.2 Å². The summed E-state index contributed by atoms with van der Waals surface area (Å²) in [6.07, 6.45) is 5.68. The zero-order valence-electron chi connectivity index (χ0n) is 18.7. The van der Waals surface area contributed by atoms with Crippen LogP contribution < -0.4 is 10.1 Å². The van der Waals surface area contributed by atoms with Crippen LogP contribution in [0.5, 0.6) is 5.75 Å². The van der Waals surface area contributed by atoms with Crippen LogP contribution in [-0.4, -0.2) is 73.7 Å². The zero-order chi connectivity index (χ0) is 21.5. The third kappa shape index (κ3) is 5.70. The van der Waals surface area contributed by atoms with Gasteiger partial charge < -0.3 is 24.6 Å². The lowest BCUT2D eigenvalue weighted by atomic mass is 9.95. The molecule has 0 aromatic heterocycles. The highest BCUT2D eigenvalue weighted by molar-refractivity contribution is 5.82. The molecule has 2 saturated heterocycles. The summed E-state index contributed by atoms with van der Waals surface area (Å²) in [5.74, 6) is 2.31. The Morgan fingerprint density at radius 2 is 1.84 bits per heavy atom. The minimum absolute atomic E-state index is 0.119. The summed E-state index contributed by atoms with van der Waals surface area (Å²) in [4.78, 5) is 22.0. The minimum Gasteiger partial charge on any atom is -0.490 e. The van der Waals surface area contributed by atoms with Crippen LogP contribution >= 0.6 is 0 Å². The van der Waals surface area contributed by atoms with E-state index in [1.165, 1.54) is 6.42 Å². The standard InChI is InChI=1S/C24H36N4O3/c1-2-25-24(26-18-20-6-3-4-9-22(20)31-21-7-5-8-21)28-12-10-19(11-13-28)23(29)27-14-16-30-17-15-27/h3-4,6,9,19,21H,2,5,7-8,10-18H2,1H3,(H,25,26). The fourth-order valence-corrected chi connectivity index (χ4v) is 4.38. The summed E-state index contributed by atoms with van der Waals surface area (Å²) in [6, 6.07) is 8.24. The van der Waals surface area contributed by atoms with Crippen LogP contribution in [-0.2, 0) is 16.1 Å². The van der Waals surface area contributed by atoms with E-state index in [-0.39, 0.29) is 5.92 Å². The minimum atomic E-state index is 0.119. The Bertz CT molecular complexity index is 751. The summed E-state index contributed by atoms with van der Waals surface area (Å²) < 4.78 is 11.5. The number of ether oxygens (including phenoxy) is 2. The summed E-state index contributed by atoms with van der Waals surface area (Å²) >= 11 is 0. The number of amides is 1. The van der Waals surface area contributed by atoms with Gasteiger partial charge in [0.1, 0.15) is 5.75 Å². The number of guanidine groups is 1. The quantitative estimate of drug-likeness (QED) is 0.557. The third-order valence-corrected chi connectivity index (χ3v) is 6.52. The van der Waals surface area contributed by atoms with Gasteiger partial charge in [-0.3, -0.25) is 4.79 Å². The Hall–Kier alpha value is -2.28. The van der Waals surface area contributed by atoms with Crippen LogP contribution in [0.3, 0.4) is 0 Å². The highest BCUT2D eigenvalue weighted by Gasteiger charge is 2.30. The number of carbonyl (C=O) groups excluding carboxylic acids is 1. The van der Waals surface area contributed by atoms with E-state index in [0.717, 1.165) is 75.7 Å². The van der Waals surface area contributed by atoms with Crippen molar-refractivity contribution in [1.29, 1.82) is 0 Å². The maximum absolute atomic E-state index is 12.8. The molecule has 2 heterocycles. The number of morpholine rings is 1. The molecule has 0 spiro atoms. The predicted molar refractivity (Wildman–Crippen MR) is 121 cm³/mol. The average Bonchev–Trinajstić information content (AvgIpc) is 2.80. The van der Waals surface area contributed by atoms with Crippen LogP contribution in [0.1, 0.15) is 44.6 Å². The SMILES string of the molecule is CCNC(=NCc1ccccc1OC1CCC1)N1CCC(C(=O)N2CCOCC2)CC1. The first kappa shape index (κ1) is 21.9. The van der Waals surface area contributed by atoms with Crippen molar-refractivity contribution in [3.63, 3.8) is 0 Å². The van der Waals surface area contributed by atoms with Gasteiger partial charge in [-0.1, -0.05) is 18.2 Å². The number of benzene rings is 1. The second kappa shape index (κ2) is 10.8. The molecule has 1 aromatic carbocycles. The molecule has 3 aliphatic rings. The second-order valence-electron chi connectivity index (χ2n) is 8.65. The molecule has 0 unspecified atom stereocenters. The van der Waals surface area contributed by atoms with Crippen LogP contribution in [0, 0.1) is 5.92 Å². The number of hydrogen-bond acceptors (Lipinski definition) is 4. The molecule has 0 bridgehead atoms. The van der Waals surface area contributed by atoms with E-state index < -0.39 is 0 Å². The number of nitrogens with one attached hydrogen (secondary N) is 1. The van der Waals surface area contributed by atoms with Crippen molar-refractivity contribution < 1.29 is 14.3 Å². The highest BCUT2D eigenvalue weighted by atomic mass is 16.5. The van der Waals surface area contributed by atoms with Gasteiger partial charge >= 0.3 is 0 Å². The maximum atomic E-state index is 12.8. The number of rotatable bonds is 6. The second-order valence-corrected chi connectivity index (χ2v) is 8.65. The predicted octanol–water partition coefficient (Wildman–Crippen LogP) is 2.65. The Balaban J connectivity index is 1.35. The van der Waals surface area contributed by atoms with E-state index >= 15 is 0 Å². The number of piperidine rings is 1. The van der Waals surface area contributed by atoms with Crippen LogP contribution in [0.15, 0.2) is 29.3 Å². The topological polar surface area (TPSA) is 66.4 Å². The van der Waals surface area contributed by atoms with Gasteiger partial charge in [-0.2, -0.15) is 0 Å². The van der Waals surface area contributed by atoms with Crippen LogP contribution in [0.2, 0.25) is 0 Å². The molecule has 7 nitrogen and oxygen atoms in total. The number of para-hydroxylation sites is 1. The van der Waals surface area contributed by atoms with Gasteiger partial charge in [0.2, 0.25) is 5.91 Å². The molecule has 1 amide bonds. The maximum Gasteiger partial charge on any atom is 0.225 e. The van der Waals surface area contributed by atoms with Crippen molar-refractivity contribution in [2.75, 3.05) is 45.9 Å². The fraction of sp³-hybridized carbons (Fsp3) is 0.667. The van der Waals surface area contributed by atoms with E-state index in [9.17, 15) is 4.79 Å². The van der Waals surface area contributed by atoms with Gasteiger partial charge in [0.05, 0.1) is 25.9 Å². The fourth-order valence-electron chi connectivity index (χ4n) is 4.38. The zero-order valence-corrected chi connectivity index (χ0v) is 18.7. The lowest BCUT2D eigenvalue weighted by Crippen LogP contribution is -2.50. The van der Waals surface area contributed by atoms with Crippen molar-refractivity contribution in [2.45, 2.75) is 51.7 Å². The van der Waals surface area contributed by atoms with Crippen molar-refractivity contribution in [1.82, 2.24) is 15.1 Å². The van der Waals surface area contributed by atoms with Crippen molar-refractivity contribution in [2.24, 2.45) is 10.9 Å². The number of hydrogen-bond donors (Lipinski definition) is 1. The van der Waals surface area contributed by atoms with E-state index in [2.05, 4.69) is 29.3 Å². The first-order valence-corrected chi connectivity index (χ1v) is 11.9. The van der Waals surface area contributed by atoms with E-state index in [0.29, 0.717) is 31.8 Å². The Morgan fingerprint density at radius 1 is 1.10 bits per heavy atom. The summed E-state index contributed by atoms with van der Waals surface area (Å²) in [6.45, 7) is 8.00. The van der Waals surface area contributed by atoms with Crippen LogP contribution in [0.4, 0.5) is 0 Å². The largest absolute Gasteiger partial charge is 0.490 e. The van der Waals surface area contributed by atoms with Gasteiger partial charge in [0.25, 0.3) is 0 Å². The van der Waals surface area contributed by atoms with Gasteiger partial charge in [-0.15, -0.1) is 0 Å². The molecule has 1 N–H and O–H groups in total.